The molecule has 0 radical (unpaired) electrons. The molecule has 0 unspecified atom stereocenters. The van der Waals surface area contributed by atoms with Crippen LogP contribution in [0.25, 0.3) is 0 Å². The van der Waals surface area contributed by atoms with Crippen LogP contribution in [0.3, 0.4) is 0 Å². The lowest BCUT2D eigenvalue weighted by molar-refractivity contribution is -0.0125. The van der Waals surface area contributed by atoms with Crippen molar-refractivity contribution in [2.24, 2.45) is 0 Å². The predicted molar refractivity (Wildman–Crippen MR) is 80.4 cm³/mol. The molecule has 0 spiro atoms. The van der Waals surface area contributed by atoms with Crippen molar-refractivity contribution in [2.75, 3.05) is 20.5 Å². The van der Waals surface area contributed by atoms with Gasteiger partial charge in [0.05, 0.1) is 13.7 Å². The number of rotatable bonds is 3. The molecule has 0 fully saturated rings. The van der Waals surface area contributed by atoms with Gasteiger partial charge in [-0.2, -0.15) is 0 Å². The molecule has 2 aromatic carbocycles. The van der Waals surface area contributed by atoms with Crippen LogP contribution in [0, 0.1) is 0 Å². The molecular weight excluding hydrogens is 300 g/mol. The summed E-state index contributed by atoms with van der Waals surface area (Å²) in [6.45, 7) is 0.0504. The number of fused-ring (bicyclic) bond motifs is 2. The summed E-state index contributed by atoms with van der Waals surface area (Å²) in [5.74, 6) is 3.21. The van der Waals surface area contributed by atoms with Crippen molar-refractivity contribution in [1.82, 2.24) is 0 Å². The number of hydrogen-bond acceptors (Lipinski definition) is 6. The molecule has 2 aromatic rings. The Morgan fingerprint density at radius 1 is 1.00 bits per heavy atom. The first-order valence-electron chi connectivity index (χ1n) is 7.30. The first-order chi connectivity index (χ1) is 11.3. The van der Waals surface area contributed by atoms with Crippen LogP contribution >= 0.6 is 0 Å². The zero-order valence-electron chi connectivity index (χ0n) is 12.5. The molecule has 2 aliphatic rings. The monoisotopic (exact) mass is 316 g/mol. The molecule has 4 rings (SSSR count). The number of ether oxygens (including phenoxy) is 5. The quantitative estimate of drug-likeness (QED) is 0.937. The van der Waals surface area contributed by atoms with Gasteiger partial charge in [-0.3, -0.25) is 0 Å². The van der Waals surface area contributed by atoms with Crippen molar-refractivity contribution < 1.29 is 28.8 Å². The van der Waals surface area contributed by atoms with E-state index in [2.05, 4.69) is 0 Å². The van der Waals surface area contributed by atoms with Crippen LogP contribution < -0.4 is 23.7 Å². The molecule has 120 valence electrons. The summed E-state index contributed by atoms with van der Waals surface area (Å²) in [6, 6.07) is 10.9. The molecule has 0 aliphatic carbocycles. The maximum absolute atomic E-state index is 9.66. The molecule has 0 saturated heterocycles. The van der Waals surface area contributed by atoms with E-state index in [1.165, 1.54) is 0 Å². The van der Waals surface area contributed by atoms with E-state index in [1.54, 1.807) is 25.3 Å². The van der Waals surface area contributed by atoms with Gasteiger partial charge in [0.15, 0.2) is 35.2 Å². The number of aliphatic hydroxyl groups is 1. The van der Waals surface area contributed by atoms with Gasteiger partial charge in [-0.05, 0) is 24.3 Å². The maximum Gasteiger partial charge on any atom is 0.231 e. The SMILES string of the molecule is COc1ccc2c(c1)O[C@H](c1ccc3c(c1)OCO3)[C@@H](CO)O2. The van der Waals surface area contributed by atoms with Gasteiger partial charge in [-0.15, -0.1) is 0 Å². The van der Waals surface area contributed by atoms with E-state index in [-0.39, 0.29) is 13.4 Å². The molecule has 0 aromatic heterocycles. The maximum atomic E-state index is 9.66. The van der Waals surface area contributed by atoms with Gasteiger partial charge in [0.2, 0.25) is 6.79 Å². The van der Waals surface area contributed by atoms with Crippen LogP contribution in [0.15, 0.2) is 36.4 Å². The fourth-order valence-corrected chi connectivity index (χ4v) is 2.75. The summed E-state index contributed by atoms with van der Waals surface area (Å²) >= 11 is 0. The van der Waals surface area contributed by atoms with E-state index in [1.807, 2.05) is 18.2 Å². The van der Waals surface area contributed by atoms with Crippen LogP contribution in [-0.4, -0.2) is 31.7 Å². The highest BCUT2D eigenvalue weighted by Gasteiger charge is 2.33. The van der Waals surface area contributed by atoms with Gasteiger partial charge >= 0.3 is 0 Å². The second-order valence-corrected chi connectivity index (χ2v) is 5.30. The molecule has 2 aliphatic heterocycles. The average molecular weight is 316 g/mol. The van der Waals surface area contributed by atoms with Gasteiger partial charge < -0.3 is 28.8 Å². The Morgan fingerprint density at radius 2 is 1.83 bits per heavy atom. The average Bonchev–Trinajstić information content (AvgIpc) is 3.07. The highest BCUT2D eigenvalue weighted by atomic mass is 16.7. The number of aliphatic hydroxyl groups excluding tert-OH is 1. The molecule has 0 bridgehead atoms. The smallest absolute Gasteiger partial charge is 0.231 e. The van der Waals surface area contributed by atoms with E-state index >= 15 is 0 Å². The Balaban J connectivity index is 1.69. The first kappa shape index (κ1) is 14.0. The summed E-state index contributed by atoms with van der Waals surface area (Å²) < 4.78 is 27.9. The fourth-order valence-electron chi connectivity index (χ4n) is 2.75. The summed E-state index contributed by atoms with van der Waals surface area (Å²) in [6.07, 6.45) is -0.953. The Bertz CT molecular complexity index is 729. The van der Waals surface area contributed by atoms with Gasteiger partial charge in [0.1, 0.15) is 5.75 Å². The standard InChI is InChI=1S/C17H16O6/c1-19-11-3-5-13-15(7-11)23-17(16(8-18)22-13)10-2-4-12-14(6-10)21-9-20-12/h2-7,16-18H,8-9H2,1H3/t16-,17-/m1/s1. The van der Waals surface area contributed by atoms with E-state index in [4.69, 9.17) is 23.7 Å². The van der Waals surface area contributed by atoms with E-state index in [0.717, 1.165) is 5.56 Å². The van der Waals surface area contributed by atoms with Crippen molar-refractivity contribution in [3.05, 3.63) is 42.0 Å². The lowest BCUT2D eigenvalue weighted by atomic mass is 10.0. The van der Waals surface area contributed by atoms with Gasteiger partial charge in [-0.1, -0.05) is 6.07 Å². The number of methoxy groups -OCH3 is 1. The normalized spacial score (nSPS) is 21.1. The van der Waals surface area contributed by atoms with Crippen molar-refractivity contribution in [3.63, 3.8) is 0 Å². The molecule has 6 nitrogen and oxygen atoms in total. The van der Waals surface area contributed by atoms with Gasteiger partial charge in [-0.25, -0.2) is 0 Å². The molecule has 6 heteroatoms. The third-order valence-corrected chi connectivity index (χ3v) is 3.93. The van der Waals surface area contributed by atoms with Crippen molar-refractivity contribution in [1.29, 1.82) is 0 Å². The van der Waals surface area contributed by atoms with Crippen LogP contribution in [0.2, 0.25) is 0 Å². The molecule has 23 heavy (non-hydrogen) atoms. The Labute approximate surface area is 133 Å². The highest BCUT2D eigenvalue weighted by Crippen LogP contribution is 2.43. The fraction of sp³-hybridized carbons (Fsp3) is 0.294. The highest BCUT2D eigenvalue weighted by molar-refractivity contribution is 5.49. The van der Waals surface area contributed by atoms with Crippen LogP contribution in [0.1, 0.15) is 11.7 Å². The summed E-state index contributed by atoms with van der Waals surface area (Å²) in [7, 11) is 1.59. The Hall–Kier alpha value is -2.60. The van der Waals surface area contributed by atoms with Crippen LogP contribution in [-0.2, 0) is 0 Å². The lowest BCUT2D eigenvalue weighted by Gasteiger charge is -2.33. The van der Waals surface area contributed by atoms with E-state index in [0.29, 0.717) is 28.7 Å². The minimum absolute atomic E-state index is 0.162. The largest absolute Gasteiger partial charge is 0.497 e. The lowest BCUT2D eigenvalue weighted by Crippen LogP contribution is -2.36. The molecule has 0 saturated carbocycles. The third-order valence-electron chi connectivity index (χ3n) is 3.93. The van der Waals surface area contributed by atoms with Gasteiger partial charge in [0, 0.05) is 11.6 Å². The number of hydrogen-bond donors (Lipinski definition) is 1. The molecular formula is C17H16O6. The minimum atomic E-state index is -0.503. The Morgan fingerprint density at radius 3 is 2.65 bits per heavy atom. The second kappa shape index (κ2) is 5.55. The van der Waals surface area contributed by atoms with Crippen molar-refractivity contribution in [3.8, 4) is 28.7 Å². The summed E-state index contributed by atoms with van der Waals surface area (Å²) in [4.78, 5) is 0. The second-order valence-electron chi connectivity index (χ2n) is 5.30. The van der Waals surface area contributed by atoms with E-state index < -0.39 is 12.2 Å². The van der Waals surface area contributed by atoms with Crippen LogP contribution in [0.4, 0.5) is 0 Å². The molecule has 1 N–H and O–H groups in total. The summed E-state index contributed by atoms with van der Waals surface area (Å²) in [5.41, 5.74) is 0.849. The number of benzene rings is 2. The zero-order valence-corrected chi connectivity index (χ0v) is 12.5. The molecule has 2 atom stereocenters. The van der Waals surface area contributed by atoms with Gasteiger partial charge in [0.25, 0.3) is 0 Å². The third kappa shape index (κ3) is 2.41. The molecule has 0 amide bonds. The van der Waals surface area contributed by atoms with Crippen molar-refractivity contribution >= 4 is 0 Å². The van der Waals surface area contributed by atoms with E-state index in [9.17, 15) is 5.11 Å². The zero-order chi connectivity index (χ0) is 15.8. The minimum Gasteiger partial charge on any atom is -0.497 e. The van der Waals surface area contributed by atoms with Crippen molar-refractivity contribution in [2.45, 2.75) is 12.2 Å². The predicted octanol–water partition coefficient (Wildman–Crippen LogP) is 2.30. The summed E-state index contributed by atoms with van der Waals surface area (Å²) in [5, 5.41) is 9.66. The Kier molecular flexibility index (Phi) is 3.38. The topological polar surface area (TPSA) is 66.4 Å². The molecule has 2 heterocycles. The first-order valence-corrected chi connectivity index (χ1v) is 7.30. The van der Waals surface area contributed by atoms with Crippen LogP contribution in [0.5, 0.6) is 28.7 Å².